The highest BCUT2D eigenvalue weighted by Crippen LogP contribution is 2.25. The number of rotatable bonds is 7. The Bertz CT molecular complexity index is 964. The van der Waals surface area contributed by atoms with Crippen LogP contribution in [0, 0.1) is 0 Å². The number of nitrogens with zero attached hydrogens (tertiary/aromatic N) is 4. The monoisotopic (exact) mass is 386 g/mol. The van der Waals surface area contributed by atoms with Crippen LogP contribution in [0.5, 0.6) is 5.75 Å². The molecule has 9 heteroatoms. The van der Waals surface area contributed by atoms with Crippen molar-refractivity contribution < 1.29 is 13.7 Å². The SMILES string of the molecule is COc1ccc(Cc2nnc(SCc3noc(-c4cccs4)n3)o2)cc1. The summed E-state index contributed by atoms with van der Waals surface area (Å²) in [6.07, 6.45) is 0.572. The molecule has 0 aliphatic rings. The lowest BCUT2D eigenvalue weighted by atomic mass is 10.1. The summed E-state index contributed by atoms with van der Waals surface area (Å²) in [5, 5.41) is 14.6. The number of thiophene rings is 1. The summed E-state index contributed by atoms with van der Waals surface area (Å²) in [6.45, 7) is 0. The molecule has 0 N–H and O–H groups in total. The second-order valence-corrected chi connectivity index (χ2v) is 7.14. The Hall–Kier alpha value is -2.65. The lowest BCUT2D eigenvalue weighted by molar-refractivity contribution is 0.413. The molecular weight excluding hydrogens is 372 g/mol. The summed E-state index contributed by atoms with van der Waals surface area (Å²) in [4.78, 5) is 5.32. The third-order valence-electron chi connectivity index (χ3n) is 3.49. The van der Waals surface area contributed by atoms with Gasteiger partial charge in [-0.3, -0.25) is 0 Å². The summed E-state index contributed by atoms with van der Waals surface area (Å²) in [7, 11) is 1.64. The number of hydrogen-bond donors (Lipinski definition) is 0. The number of methoxy groups -OCH3 is 1. The maximum Gasteiger partial charge on any atom is 0.277 e. The minimum atomic E-state index is 0.482. The van der Waals surface area contributed by atoms with E-state index < -0.39 is 0 Å². The Morgan fingerprint density at radius 3 is 2.81 bits per heavy atom. The van der Waals surface area contributed by atoms with Crippen LogP contribution < -0.4 is 4.74 Å². The van der Waals surface area contributed by atoms with E-state index in [-0.39, 0.29) is 0 Å². The Kier molecular flexibility index (Phi) is 4.98. The van der Waals surface area contributed by atoms with E-state index in [2.05, 4.69) is 20.3 Å². The van der Waals surface area contributed by atoms with Crippen LogP contribution in [-0.4, -0.2) is 27.4 Å². The number of ether oxygens (including phenoxy) is 1. The zero-order valence-corrected chi connectivity index (χ0v) is 15.4. The van der Waals surface area contributed by atoms with Crippen molar-refractivity contribution in [3.05, 3.63) is 59.1 Å². The maximum absolute atomic E-state index is 5.67. The third-order valence-corrected chi connectivity index (χ3v) is 5.16. The summed E-state index contributed by atoms with van der Waals surface area (Å²) in [5.74, 6) is 3.00. The first kappa shape index (κ1) is 16.8. The van der Waals surface area contributed by atoms with Gasteiger partial charge in [-0.1, -0.05) is 35.1 Å². The highest BCUT2D eigenvalue weighted by atomic mass is 32.2. The molecule has 0 atom stereocenters. The average molecular weight is 386 g/mol. The topological polar surface area (TPSA) is 87.1 Å². The molecule has 7 nitrogen and oxygen atoms in total. The fraction of sp³-hybridized carbons (Fsp3) is 0.176. The molecule has 0 radical (unpaired) electrons. The van der Waals surface area contributed by atoms with Gasteiger partial charge in [0.2, 0.25) is 5.89 Å². The summed E-state index contributed by atoms with van der Waals surface area (Å²) >= 11 is 2.94. The third kappa shape index (κ3) is 3.94. The van der Waals surface area contributed by atoms with E-state index in [0.717, 1.165) is 16.2 Å². The lowest BCUT2D eigenvalue weighted by Crippen LogP contribution is -1.89. The van der Waals surface area contributed by atoms with E-state index in [1.54, 1.807) is 18.4 Å². The molecule has 0 spiro atoms. The molecule has 4 rings (SSSR count). The van der Waals surface area contributed by atoms with Crippen LogP contribution >= 0.6 is 23.1 Å². The zero-order chi connectivity index (χ0) is 17.8. The molecule has 0 unspecified atom stereocenters. The van der Waals surface area contributed by atoms with Crippen molar-refractivity contribution in [1.29, 1.82) is 0 Å². The normalized spacial score (nSPS) is 11.0. The lowest BCUT2D eigenvalue weighted by Gasteiger charge is -2.00. The van der Waals surface area contributed by atoms with Gasteiger partial charge in [0, 0.05) is 0 Å². The van der Waals surface area contributed by atoms with E-state index in [1.165, 1.54) is 11.8 Å². The van der Waals surface area contributed by atoms with Gasteiger partial charge in [0.1, 0.15) is 5.75 Å². The predicted octanol–water partition coefficient (Wildman–Crippen LogP) is 4.07. The first-order valence-corrected chi connectivity index (χ1v) is 9.61. The first-order chi connectivity index (χ1) is 12.8. The smallest absolute Gasteiger partial charge is 0.277 e. The summed E-state index contributed by atoms with van der Waals surface area (Å²) in [6, 6.07) is 11.6. The molecule has 132 valence electrons. The van der Waals surface area contributed by atoms with Gasteiger partial charge >= 0.3 is 0 Å². The van der Waals surface area contributed by atoms with E-state index in [4.69, 9.17) is 13.7 Å². The molecule has 0 bridgehead atoms. The van der Waals surface area contributed by atoms with Crippen molar-refractivity contribution in [3.8, 4) is 16.5 Å². The Morgan fingerprint density at radius 1 is 1.15 bits per heavy atom. The molecule has 0 amide bonds. The molecular formula is C17H14N4O3S2. The maximum atomic E-state index is 5.67. The zero-order valence-electron chi connectivity index (χ0n) is 13.8. The molecule has 0 aliphatic carbocycles. The van der Waals surface area contributed by atoms with E-state index in [0.29, 0.717) is 35.0 Å². The highest BCUT2D eigenvalue weighted by molar-refractivity contribution is 7.98. The molecule has 0 aliphatic heterocycles. The van der Waals surface area contributed by atoms with Gasteiger partial charge in [0.05, 0.1) is 24.2 Å². The second kappa shape index (κ2) is 7.71. The summed E-state index contributed by atoms with van der Waals surface area (Å²) < 4.78 is 16.1. The summed E-state index contributed by atoms with van der Waals surface area (Å²) in [5.41, 5.74) is 1.07. The molecule has 3 heterocycles. The minimum absolute atomic E-state index is 0.482. The van der Waals surface area contributed by atoms with Gasteiger partial charge in [-0.2, -0.15) is 4.98 Å². The van der Waals surface area contributed by atoms with Crippen LogP contribution in [-0.2, 0) is 12.2 Å². The van der Waals surface area contributed by atoms with Gasteiger partial charge in [-0.15, -0.1) is 21.5 Å². The molecule has 1 aromatic carbocycles. The number of thioether (sulfide) groups is 1. The van der Waals surface area contributed by atoms with Crippen molar-refractivity contribution in [1.82, 2.24) is 20.3 Å². The first-order valence-electron chi connectivity index (χ1n) is 7.75. The van der Waals surface area contributed by atoms with Crippen molar-refractivity contribution in [2.45, 2.75) is 17.4 Å². The van der Waals surface area contributed by atoms with Crippen molar-refractivity contribution in [2.75, 3.05) is 7.11 Å². The number of benzene rings is 1. The van der Waals surface area contributed by atoms with Crippen LogP contribution in [0.1, 0.15) is 17.3 Å². The van der Waals surface area contributed by atoms with Crippen LogP contribution in [0.2, 0.25) is 0 Å². The molecule has 0 saturated carbocycles. The van der Waals surface area contributed by atoms with E-state index in [1.807, 2.05) is 41.8 Å². The molecule has 4 aromatic rings. The van der Waals surface area contributed by atoms with Crippen LogP contribution in [0.25, 0.3) is 10.8 Å². The Morgan fingerprint density at radius 2 is 2.04 bits per heavy atom. The largest absolute Gasteiger partial charge is 0.497 e. The van der Waals surface area contributed by atoms with Gasteiger partial charge in [0.25, 0.3) is 11.1 Å². The highest BCUT2D eigenvalue weighted by Gasteiger charge is 2.13. The fourth-order valence-electron chi connectivity index (χ4n) is 2.23. The van der Waals surface area contributed by atoms with Crippen molar-refractivity contribution in [3.63, 3.8) is 0 Å². The van der Waals surface area contributed by atoms with E-state index >= 15 is 0 Å². The fourth-order valence-corrected chi connectivity index (χ4v) is 3.49. The Labute approximate surface area is 157 Å². The van der Waals surface area contributed by atoms with Gasteiger partial charge in [0.15, 0.2) is 5.82 Å². The van der Waals surface area contributed by atoms with Gasteiger partial charge < -0.3 is 13.7 Å². The van der Waals surface area contributed by atoms with Crippen molar-refractivity contribution >= 4 is 23.1 Å². The number of aromatic nitrogens is 4. The molecule has 0 saturated heterocycles. The molecule has 3 aromatic heterocycles. The number of hydrogen-bond acceptors (Lipinski definition) is 9. The molecule has 26 heavy (non-hydrogen) atoms. The van der Waals surface area contributed by atoms with Crippen molar-refractivity contribution in [2.24, 2.45) is 0 Å². The van der Waals surface area contributed by atoms with E-state index in [9.17, 15) is 0 Å². The van der Waals surface area contributed by atoms with Crippen LogP contribution in [0.15, 0.2) is 55.9 Å². The second-order valence-electron chi connectivity index (χ2n) is 5.27. The van der Waals surface area contributed by atoms with Gasteiger partial charge in [-0.25, -0.2) is 0 Å². The van der Waals surface area contributed by atoms with Crippen LogP contribution in [0.3, 0.4) is 0 Å². The standard InChI is InChI=1S/C17H14N4O3S2/c1-22-12-6-4-11(5-7-12)9-15-19-20-17(23-15)26-10-14-18-16(24-21-14)13-3-2-8-25-13/h2-8H,9-10H2,1H3. The minimum Gasteiger partial charge on any atom is -0.497 e. The predicted molar refractivity (Wildman–Crippen MR) is 97.3 cm³/mol. The quantitative estimate of drug-likeness (QED) is 0.439. The molecule has 0 fully saturated rings. The average Bonchev–Trinajstić information content (AvgIpc) is 3.42. The van der Waals surface area contributed by atoms with Crippen LogP contribution in [0.4, 0.5) is 0 Å². The van der Waals surface area contributed by atoms with Gasteiger partial charge in [-0.05, 0) is 29.1 Å². The Balaban J connectivity index is 1.34.